The molecule has 1 rings (SSSR count). The number of halogens is 3. The molecule has 0 atom stereocenters. The molecule has 0 bridgehead atoms. The van der Waals surface area contributed by atoms with Gasteiger partial charge >= 0.3 is 6.18 Å². The lowest BCUT2D eigenvalue weighted by molar-refractivity contribution is -0.137. The number of nitrogens with two attached hydrogens (primary N) is 1. The van der Waals surface area contributed by atoms with Crippen molar-refractivity contribution in [2.45, 2.75) is 12.6 Å². The van der Waals surface area contributed by atoms with E-state index < -0.39 is 17.6 Å². The number of alkyl halides is 3. The van der Waals surface area contributed by atoms with E-state index in [0.29, 0.717) is 0 Å². The Bertz CT molecular complexity index is 454. The molecule has 2 N–H and O–H groups in total. The molecular formula is C11H8F3NO. The molecule has 16 heavy (non-hydrogen) atoms. The van der Waals surface area contributed by atoms with Crippen LogP contribution in [0.25, 0.3) is 0 Å². The van der Waals surface area contributed by atoms with Crippen molar-refractivity contribution >= 4 is 5.91 Å². The van der Waals surface area contributed by atoms with Crippen LogP contribution in [-0.4, -0.2) is 5.91 Å². The summed E-state index contributed by atoms with van der Waals surface area (Å²) in [4.78, 5) is 10.4. The second-order valence-electron chi connectivity index (χ2n) is 3.02. The fourth-order valence-electron chi connectivity index (χ4n) is 1.01. The first-order valence-corrected chi connectivity index (χ1v) is 4.34. The van der Waals surface area contributed by atoms with Crippen LogP contribution in [0.3, 0.4) is 0 Å². The molecule has 0 aliphatic carbocycles. The highest BCUT2D eigenvalue weighted by atomic mass is 19.4. The lowest BCUT2D eigenvalue weighted by Crippen LogP contribution is -2.08. The second kappa shape index (κ2) is 4.71. The van der Waals surface area contributed by atoms with E-state index in [4.69, 9.17) is 5.73 Å². The quantitative estimate of drug-likeness (QED) is 0.732. The van der Waals surface area contributed by atoms with Crippen molar-refractivity contribution in [1.29, 1.82) is 0 Å². The van der Waals surface area contributed by atoms with Gasteiger partial charge in [0.15, 0.2) is 0 Å². The smallest absolute Gasteiger partial charge is 0.369 e. The molecule has 0 heterocycles. The number of hydrogen-bond donors (Lipinski definition) is 1. The lowest BCUT2D eigenvalue weighted by Gasteiger charge is -2.05. The first-order chi connectivity index (χ1) is 7.39. The van der Waals surface area contributed by atoms with Gasteiger partial charge in [-0.3, -0.25) is 4.79 Å². The van der Waals surface area contributed by atoms with Crippen molar-refractivity contribution < 1.29 is 18.0 Å². The molecule has 0 saturated carbocycles. The van der Waals surface area contributed by atoms with Crippen LogP contribution < -0.4 is 5.73 Å². The van der Waals surface area contributed by atoms with Crippen LogP contribution in [-0.2, 0) is 11.0 Å². The molecule has 1 aromatic rings. The van der Waals surface area contributed by atoms with Crippen LogP contribution in [0.2, 0.25) is 0 Å². The second-order valence-corrected chi connectivity index (χ2v) is 3.02. The zero-order valence-electron chi connectivity index (χ0n) is 8.14. The summed E-state index contributed by atoms with van der Waals surface area (Å²) in [6.45, 7) is 0. The molecular weight excluding hydrogens is 219 g/mol. The van der Waals surface area contributed by atoms with Gasteiger partial charge in [0.05, 0.1) is 12.0 Å². The SMILES string of the molecule is NC(=O)CC#Cc1cccc(C(F)(F)F)c1. The number of carbonyl (C=O) groups excluding carboxylic acids is 1. The van der Waals surface area contributed by atoms with Gasteiger partial charge in [0.1, 0.15) is 0 Å². The molecule has 0 spiro atoms. The van der Waals surface area contributed by atoms with E-state index in [1.807, 2.05) is 0 Å². The van der Waals surface area contributed by atoms with Gasteiger partial charge in [-0.1, -0.05) is 17.9 Å². The van der Waals surface area contributed by atoms with Gasteiger partial charge in [-0.05, 0) is 18.2 Å². The van der Waals surface area contributed by atoms with Gasteiger partial charge in [0, 0.05) is 5.56 Å². The topological polar surface area (TPSA) is 43.1 Å². The highest BCUT2D eigenvalue weighted by molar-refractivity contribution is 5.76. The predicted octanol–water partition coefficient (Wildman–Crippen LogP) is 1.93. The van der Waals surface area contributed by atoms with E-state index in [2.05, 4.69) is 11.8 Å². The Labute approximate surface area is 90.3 Å². The van der Waals surface area contributed by atoms with E-state index >= 15 is 0 Å². The van der Waals surface area contributed by atoms with Crippen molar-refractivity contribution in [2.24, 2.45) is 5.73 Å². The summed E-state index contributed by atoms with van der Waals surface area (Å²) < 4.78 is 36.9. The Morgan fingerprint density at radius 1 is 1.38 bits per heavy atom. The zero-order valence-corrected chi connectivity index (χ0v) is 8.14. The van der Waals surface area contributed by atoms with Gasteiger partial charge in [-0.2, -0.15) is 13.2 Å². The highest BCUT2D eigenvalue weighted by Crippen LogP contribution is 2.29. The molecule has 0 unspecified atom stereocenters. The standard InChI is InChI=1S/C11H8F3NO/c12-11(13,14)9-5-1-3-8(7-9)4-2-6-10(15)16/h1,3,5,7H,6H2,(H2,15,16). The monoisotopic (exact) mass is 227 g/mol. The molecule has 0 saturated heterocycles. The van der Waals surface area contributed by atoms with Gasteiger partial charge in [-0.15, -0.1) is 0 Å². The number of rotatable bonds is 1. The Hall–Kier alpha value is -1.96. The van der Waals surface area contributed by atoms with E-state index in [0.717, 1.165) is 12.1 Å². The molecule has 0 aromatic heterocycles. The third-order valence-electron chi connectivity index (χ3n) is 1.69. The van der Waals surface area contributed by atoms with E-state index in [-0.39, 0.29) is 12.0 Å². The molecule has 0 aliphatic heterocycles. The van der Waals surface area contributed by atoms with Crippen LogP contribution in [0.1, 0.15) is 17.5 Å². The number of primary amides is 1. The Balaban J connectivity index is 2.90. The summed E-state index contributed by atoms with van der Waals surface area (Å²) in [5.41, 5.74) is 4.27. The van der Waals surface area contributed by atoms with Crippen molar-refractivity contribution in [3.63, 3.8) is 0 Å². The average molecular weight is 227 g/mol. The van der Waals surface area contributed by atoms with Crippen molar-refractivity contribution in [1.82, 2.24) is 0 Å². The maximum atomic E-state index is 12.3. The molecule has 1 amide bonds. The summed E-state index contributed by atoms with van der Waals surface area (Å²) >= 11 is 0. The lowest BCUT2D eigenvalue weighted by atomic mass is 10.1. The highest BCUT2D eigenvalue weighted by Gasteiger charge is 2.30. The summed E-state index contributed by atoms with van der Waals surface area (Å²) in [6, 6.07) is 4.58. The minimum Gasteiger partial charge on any atom is -0.369 e. The molecule has 5 heteroatoms. The normalized spacial score (nSPS) is 10.4. The van der Waals surface area contributed by atoms with Gasteiger partial charge in [0.25, 0.3) is 0 Å². The number of benzene rings is 1. The molecule has 2 nitrogen and oxygen atoms in total. The first-order valence-electron chi connectivity index (χ1n) is 4.34. The fraction of sp³-hybridized carbons (Fsp3) is 0.182. The van der Waals surface area contributed by atoms with Crippen LogP contribution >= 0.6 is 0 Å². The van der Waals surface area contributed by atoms with Crippen molar-refractivity contribution in [3.05, 3.63) is 35.4 Å². The summed E-state index contributed by atoms with van der Waals surface area (Å²) in [7, 11) is 0. The largest absolute Gasteiger partial charge is 0.416 e. The molecule has 0 fully saturated rings. The van der Waals surface area contributed by atoms with Crippen molar-refractivity contribution in [3.8, 4) is 11.8 Å². The Morgan fingerprint density at radius 2 is 2.06 bits per heavy atom. The van der Waals surface area contributed by atoms with Crippen LogP contribution in [0, 0.1) is 11.8 Å². The summed E-state index contributed by atoms with van der Waals surface area (Å²) in [5.74, 6) is 4.21. The number of amides is 1. The van der Waals surface area contributed by atoms with E-state index in [9.17, 15) is 18.0 Å². The van der Waals surface area contributed by atoms with Gasteiger partial charge in [0.2, 0.25) is 5.91 Å². The summed E-state index contributed by atoms with van der Waals surface area (Å²) in [5, 5.41) is 0. The van der Waals surface area contributed by atoms with Crippen LogP contribution in [0.15, 0.2) is 24.3 Å². The molecule has 84 valence electrons. The maximum Gasteiger partial charge on any atom is 0.416 e. The number of carbonyl (C=O) groups is 1. The minimum atomic E-state index is -4.39. The maximum absolute atomic E-state index is 12.3. The van der Waals surface area contributed by atoms with E-state index in [1.165, 1.54) is 12.1 Å². The Morgan fingerprint density at radius 3 is 2.62 bits per heavy atom. The zero-order chi connectivity index (χ0) is 12.2. The third kappa shape index (κ3) is 3.65. The predicted molar refractivity (Wildman–Crippen MR) is 52.1 cm³/mol. The van der Waals surface area contributed by atoms with Crippen LogP contribution in [0.5, 0.6) is 0 Å². The minimum absolute atomic E-state index is 0.170. The van der Waals surface area contributed by atoms with Crippen molar-refractivity contribution in [2.75, 3.05) is 0 Å². The molecule has 0 aliphatic rings. The average Bonchev–Trinajstić information content (AvgIpc) is 2.16. The number of hydrogen-bond acceptors (Lipinski definition) is 1. The summed E-state index contributed by atoms with van der Waals surface area (Å²) in [6.07, 6.45) is -4.56. The fourth-order valence-corrected chi connectivity index (χ4v) is 1.01. The van der Waals surface area contributed by atoms with Gasteiger partial charge in [-0.25, -0.2) is 0 Å². The Kier molecular flexibility index (Phi) is 3.56. The first kappa shape index (κ1) is 12.1. The van der Waals surface area contributed by atoms with E-state index in [1.54, 1.807) is 0 Å². The molecule has 1 aromatic carbocycles. The third-order valence-corrected chi connectivity index (χ3v) is 1.69. The van der Waals surface area contributed by atoms with Gasteiger partial charge < -0.3 is 5.73 Å². The van der Waals surface area contributed by atoms with Crippen LogP contribution in [0.4, 0.5) is 13.2 Å². The molecule has 0 radical (unpaired) electrons.